The maximum atomic E-state index is 11.3. The minimum atomic E-state index is -0.694. The zero-order valence-corrected chi connectivity index (χ0v) is 14.0. The molecule has 1 nitrogen and oxygen atoms in total. The van der Waals surface area contributed by atoms with Crippen LogP contribution in [0.15, 0.2) is 18.2 Å². The molecule has 0 radical (unpaired) electrons. The van der Waals surface area contributed by atoms with Crippen LogP contribution in [0.2, 0.25) is 10.0 Å². The van der Waals surface area contributed by atoms with E-state index in [1.807, 2.05) is 18.2 Å². The van der Waals surface area contributed by atoms with Crippen LogP contribution in [0.5, 0.6) is 0 Å². The van der Waals surface area contributed by atoms with Crippen LogP contribution >= 0.6 is 23.2 Å². The van der Waals surface area contributed by atoms with Gasteiger partial charge in [-0.25, -0.2) is 0 Å². The van der Waals surface area contributed by atoms with Gasteiger partial charge < -0.3 is 5.11 Å². The molecule has 0 saturated heterocycles. The number of halogens is 2. The first-order chi connectivity index (χ1) is 9.33. The van der Waals surface area contributed by atoms with Gasteiger partial charge in [-0.05, 0) is 48.3 Å². The number of rotatable bonds is 3. The molecule has 0 aromatic heterocycles. The van der Waals surface area contributed by atoms with E-state index in [2.05, 4.69) is 20.8 Å². The van der Waals surface area contributed by atoms with E-state index in [-0.39, 0.29) is 0 Å². The molecule has 1 saturated carbocycles. The highest BCUT2D eigenvalue weighted by Crippen LogP contribution is 2.44. The Kier molecular flexibility index (Phi) is 5.05. The maximum absolute atomic E-state index is 11.3. The second-order valence-electron chi connectivity index (χ2n) is 6.72. The van der Waals surface area contributed by atoms with E-state index in [4.69, 9.17) is 23.2 Å². The van der Waals surface area contributed by atoms with Crippen molar-refractivity contribution in [3.05, 3.63) is 33.8 Å². The minimum Gasteiger partial charge on any atom is -0.389 e. The Bertz CT molecular complexity index is 452. The Morgan fingerprint density at radius 2 is 1.85 bits per heavy atom. The van der Waals surface area contributed by atoms with Crippen LogP contribution in [0.1, 0.15) is 45.6 Å². The van der Waals surface area contributed by atoms with Gasteiger partial charge in [0, 0.05) is 16.5 Å². The predicted octanol–water partition coefficient (Wildman–Crippen LogP) is 5.36. The molecule has 2 rings (SSSR count). The molecule has 1 aromatic rings. The van der Waals surface area contributed by atoms with Crippen molar-refractivity contribution in [1.29, 1.82) is 0 Å². The average molecular weight is 315 g/mol. The molecule has 3 unspecified atom stereocenters. The van der Waals surface area contributed by atoms with Crippen molar-refractivity contribution < 1.29 is 5.11 Å². The van der Waals surface area contributed by atoms with Gasteiger partial charge in [-0.2, -0.15) is 0 Å². The third-order valence-corrected chi connectivity index (χ3v) is 5.42. The number of hydrogen-bond acceptors (Lipinski definition) is 1. The third kappa shape index (κ3) is 3.32. The zero-order valence-electron chi connectivity index (χ0n) is 12.5. The Morgan fingerprint density at radius 3 is 2.40 bits per heavy atom. The fourth-order valence-electron chi connectivity index (χ4n) is 3.75. The van der Waals surface area contributed by atoms with Crippen LogP contribution in [0.4, 0.5) is 0 Å². The van der Waals surface area contributed by atoms with E-state index in [1.54, 1.807) is 0 Å². The fourth-order valence-corrected chi connectivity index (χ4v) is 4.29. The molecule has 112 valence electrons. The Hall–Kier alpha value is -0.240. The summed E-state index contributed by atoms with van der Waals surface area (Å²) >= 11 is 12.6. The molecular weight excluding hydrogens is 291 g/mol. The lowest BCUT2D eigenvalue weighted by Gasteiger charge is -2.45. The second-order valence-corrected chi connectivity index (χ2v) is 7.53. The summed E-state index contributed by atoms with van der Waals surface area (Å²) in [6.07, 6.45) is 3.66. The van der Waals surface area contributed by atoms with Gasteiger partial charge >= 0.3 is 0 Å². The summed E-state index contributed by atoms with van der Waals surface area (Å²) in [5.74, 6) is 1.33. The highest BCUT2D eigenvalue weighted by atomic mass is 35.5. The predicted molar refractivity (Wildman–Crippen MR) is 86.5 cm³/mol. The van der Waals surface area contributed by atoms with Crippen LogP contribution < -0.4 is 0 Å². The molecule has 0 heterocycles. The quantitative estimate of drug-likeness (QED) is 0.796. The summed E-state index contributed by atoms with van der Waals surface area (Å²) in [5, 5.41) is 12.6. The van der Waals surface area contributed by atoms with Crippen molar-refractivity contribution in [2.45, 2.75) is 52.1 Å². The van der Waals surface area contributed by atoms with Crippen LogP contribution in [0, 0.1) is 17.8 Å². The summed E-state index contributed by atoms with van der Waals surface area (Å²) in [4.78, 5) is 0. The van der Waals surface area contributed by atoms with Gasteiger partial charge in [0.1, 0.15) is 0 Å². The maximum Gasteiger partial charge on any atom is 0.0722 e. The van der Waals surface area contributed by atoms with Crippen LogP contribution in [-0.2, 0) is 6.42 Å². The van der Waals surface area contributed by atoms with Crippen molar-refractivity contribution in [3.8, 4) is 0 Å². The lowest BCUT2D eigenvalue weighted by molar-refractivity contribution is -0.0794. The number of aliphatic hydroxyl groups is 1. The standard InChI is InChI=1S/C17H24Cl2O/c1-11(2)14-8-7-12(3)9-17(14,20)10-13-15(18)5-4-6-16(13)19/h4-6,11-12,14,20H,7-10H2,1-3H3. The van der Waals surface area contributed by atoms with E-state index in [1.165, 1.54) is 6.42 Å². The molecular formula is C17H24Cl2O. The van der Waals surface area contributed by atoms with Crippen molar-refractivity contribution >= 4 is 23.2 Å². The normalized spacial score (nSPS) is 30.8. The Labute approximate surface area is 132 Å². The smallest absolute Gasteiger partial charge is 0.0722 e. The molecule has 3 atom stereocenters. The van der Waals surface area contributed by atoms with Gasteiger partial charge in [0.25, 0.3) is 0 Å². The summed E-state index contributed by atoms with van der Waals surface area (Å²) < 4.78 is 0. The van der Waals surface area contributed by atoms with E-state index in [9.17, 15) is 5.11 Å². The third-order valence-electron chi connectivity index (χ3n) is 4.71. The first kappa shape index (κ1) is 16.1. The summed E-state index contributed by atoms with van der Waals surface area (Å²) in [7, 11) is 0. The SMILES string of the molecule is CC1CCC(C(C)C)C(O)(Cc2c(Cl)cccc2Cl)C1. The number of benzene rings is 1. The van der Waals surface area contributed by atoms with Crippen molar-refractivity contribution in [2.24, 2.45) is 17.8 Å². The van der Waals surface area contributed by atoms with Crippen LogP contribution in [0.25, 0.3) is 0 Å². The van der Waals surface area contributed by atoms with Crippen LogP contribution in [-0.4, -0.2) is 10.7 Å². The summed E-state index contributed by atoms with van der Waals surface area (Å²) in [6.45, 7) is 6.61. The summed E-state index contributed by atoms with van der Waals surface area (Å²) in [6, 6.07) is 5.55. The molecule has 1 fully saturated rings. The van der Waals surface area contributed by atoms with Gasteiger partial charge in [0.05, 0.1) is 5.60 Å². The molecule has 20 heavy (non-hydrogen) atoms. The largest absolute Gasteiger partial charge is 0.389 e. The highest BCUT2D eigenvalue weighted by Gasteiger charge is 2.43. The zero-order chi connectivity index (χ0) is 14.9. The Morgan fingerprint density at radius 1 is 1.25 bits per heavy atom. The van der Waals surface area contributed by atoms with Crippen molar-refractivity contribution in [2.75, 3.05) is 0 Å². The van der Waals surface area contributed by atoms with Crippen molar-refractivity contribution in [3.63, 3.8) is 0 Å². The van der Waals surface area contributed by atoms with Crippen molar-refractivity contribution in [1.82, 2.24) is 0 Å². The molecule has 0 aliphatic heterocycles. The number of hydrogen-bond donors (Lipinski definition) is 1. The second kappa shape index (κ2) is 6.25. The molecule has 1 aromatic carbocycles. The molecule has 0 bridgehead atoms. The van der Waals surface area contributed by atoms with Gasteiger partial charge in [-0.3, -0.25) is 0 Å². The topological polar surface area (TPSA) is 20.2 Å². The van der Waals surface area contributed by atoms with E-state index < -0.39 is 5.60 Å². The first-order valence-electron chi connectivity index (χ1n) is 7.49. The molecule has 1 N–H and O–H groups in total. The molecule has 0 spiro atoms. The fraction of sp³-hybridized carbons (Fsp3) is 0.647. The Balaban J connectivity index is 2.31. The summed E-state index contributed by atoms with van der Waals surface area (Å²) in [5.41, 5.74) is 0.193. The minimum absolute atomic E-state index is 0.311. The molecule has 3 heteroatoms. The van der Waals surface area contributed by atoms with Gasteiger partial charge in [-0.1, -0.05) is 56.5 Å². The monoisotopic (exact) mass is 314 g/mol. The highest BCUT2D eigenvalue weighted by molar-refractivity contribution is 6.36. The van der Waals surface area contributed by atoms with Gasteiger partial charge in [-0.15, -0.1) is 0 Å². The van der Waals surface area contributed by atoms with Crippen LogP contribution in [0.3, 0.4) is 0 Å². The first-order valence-corrected chi connectivity index (χ1v) is 8.24. The molecule has 1 aliphatic rings. The molecule has 0 amide bonds. The van der Waals surface area contributed by atoms with E-state index >= 15 is 0 Å². The average Bonchev–Trinajstić information content (AvgIpc) is 2.33. The molecule has 1 aliphatic carbocycles. The lowest BCUT2D eigenvalue weighted by atomic mass is 9.65. The lowest BCUT2D eigenvalue weighted by Crippen LogP contribution is -2.47. The van der Waals surface area contributed by atoms with E-state index in [0.29, 0.717) is 34.2 Å². The van der Waals surface area contributed by atoms with Gasteiger partial charge in [0.15, 0.2) is 0 Å². The van der Waals surface area contributed by atoms with E-state index in [0.717, 1.165) is 18.4 Å². The van der Waals surface area contributed by atoms with Gasteiger partial charge in [0.2, 0.25) is 0 Å².